The summed E-state index contributed by atoms with van der Waals surface area (Å²) in [5.74, 6) is -0.367. The van der Waals surface area contributed by atoms with Gasteiger partial charge in [0.1, 0.15) is 29.3 Å². The Balaban J connectivity index is 1.13. The van der Waals surface area contributed by atoms with Gasteiger partial charge in [0.25, 0.3) is 0 Å². The molecule has 2 aromatic rings. The number of piperidine rings is 1. The summed E-state index contributed by atoms with van der Waals surface area (Å²) in [4.78, 5) is 45.6. The minimum atomic E-state index is -1.51. The second-order valence-corrected chi connectivity index (χ2v) is 14.5. The molecule has 1 aliphatic carbocycles. The smallest absolute Gasteiger partial charge is 0.411 e. The van der Waals surface area contributed by atoms with Gasteiger partial charge in [0.05, 0.1) is 0 Å². The van der Waals surface area contributed by atoms with E-state index in [9.17, 15) is 14.4 Å². The van der Waals surface area contributed by atoms with Crippen LogP contribution in [0.3, 0.4) is 0 Å². The van der Waals surface area contributed by atoms with E-state index in [-0.39, 0.29) is 24.9 Å². The number of ether oxygens (including phenoxy) is 1. The molecule has 45 heavy (non-hydrogen) atoms. The lowest BCUT2D eigenvalue weighted by atomic mass is 9.90. The van der Waals surface area contributed by atoms with E-state index in [0.29, 0.717) is 30.2 Å². The molecule has 3 heterocycles. The highest BCUT2D eigenvalue weighted by Gasteiger charge is 2.53. The summed E-state index contributed by atoms with van der Waals surface area (Å²) in [7, 11) is 0. The van der Waals surface area contributed by atoms with Crippen molar-refractivity contribution in [1.29, 1.82) is 0 Å². The number of nitrogens with two attached hydrogens (primary N) is 1. The average Bonchev–Trinajstić information content (AvgIpc) is 3.79. The Kier molecular flexibility index (Phi) is 8.65. The Labute approximate surface area is 265 Å². The molecule has 3 N–H and O–H groups in total. The summed E-state index contributed by atoms with van der Waals surface area (Å²) in [6.07, 6.45) is 3.39. The molecule has 2 amide bonds. The normalized spacial score (nSPS) is 27.4. The number of benzene rings is 2. The molecule has 0 aromatic heterocycles. The van der Waals surface area contributed by atoms with Crippen LogP contribution in [0.2, 0.25) is 0 Å². The number of rotatable bonds is 9. The van der Waals surface area contributed by atoms with E-state index in [4.69, 9.17) is 10.5 Å². The van der Waals surface area contributed by atoms with Gasteiger partial charge in [0, 0.05) is 56.9 Å². The molecule has 6 rings (SSSR count). The molecular formula is C35H46FN5O4. The van der Waals surface area contributed by atoms with Crippen molar-refractivity contribution in [1.82, 2.24) is 15.1 Å². The zero-order valence-corrected chi connectivity index (χ0v) is 26.6. The molecule has 0 radical (unpaired) electrons. The number of nitrogens with zero attached hydrogens (tertiary/aromatic N) is 3. The number of fused-ring (bicyclic) bond motifs is 3. The van der Waals surface area contributed by atoms with Gasteiger partial charge in [0.15, 0.2) is 0 Å². The molecular weight excluding hydrogens is 573 g/mol. The van der Waals surface area contributed by atoms with E-state index in [1.165, 1.54) is 10.5 Å². The van der Waals surface area contributed by atoms with Gasteiger partial charge in [0.2, 0.25) is 5.91 Å². The Hall–Kier alpha value is -3.50. The van der Waals surface area contributed by atoms with Crippen LogP contribution in [0.5, 0.6) is 0 Å². The topological polar surface area (TPSA) is 108 Å². The third kappa shape index (κ3) is 6.45. The van der Waals surface area contributed by atoms with Crippen LogP contribution < -0.4 is 16.0 Å². The summed E-state index contributed by atoms with van der Waals surface area (Å²) in [6.45, 7) is 8.91. The lowest BCUT2D eigenvalue weighted by Gasteiger charge is -2.37. The molecule has 6 atom stereocenters. The van der Waals surface area contributed by atoms with E-state index in [0.717, 1.165) is 51.1 Å². The third-order valence-corrected chi connectivity index (χ3v) is 10.2. The molecule has 2 bridgehead atoms. The maximum atomic E-state index is 15.7. The predicted molar refractivity (Wildman–Crippen MR) is 170 cm³/mol. The molecule has 2 aromatic carbocycles. The minimum absolute atomic E-state index is 0.0239. The molecule has 9 nitrogen and oxygen atoms in total. The van der Waals surface area contributed by atoms with Crippen LogP contribution >= 0.6 is 0 Å². The molecule has 2 unspecified atom stereocenters. The number of carbonyl (C=O) groups is 3. The van der Waals surface area contributed by atoms with E-state index < -0.39 is 35.0 Å². The molecule has 4 fully saturated rings. The number of anilines is 1. The van der Waals surface area contributed by atoms with Crippen molar-refractivity contribution >= 4 is 24.0 Å². The van der Waals surface area contributed by atoms with Gasteiger partial charge in [-0.05, 0) is 81.5 Å². The van der Waals surface area contributed by atoms with Crippen molar-refractivity contribution in [2.45, 2.75) is 88.7 Å². The van der Waals surface area contributed by atoms with E-state index in [1.54, 1.807) is 32.9 Å². The lowest BCUT2D eigenvalue weighted by Crippen LogP contribution is -2.62. The summed E-state index contributed by atoms with van der Waals surface area (Å²) in [5.41, 5.74) is 6.30. The second-order valence-electron chi connectivity index (χ2n) is 14.5. The summed E-state index contributed by atoms with van der Waals surface area (Å²) >= 11 is 0. The van der Waals surface area contributed by atoms with Crippen molar-refractivity contribution in [2.75, 3.05) is 31.1 Å². The van der Waals surface area contributed by atoms with Crippen LogP contribution in [-0.4, -0.2) is 83.5 Å². The van der Waals surface area contributed by atoms with Gasteiger partial charge in [-0.1, -0.05) is 36.4 Å². The first kappa shape index (κ1) is 31.5. The molecule has 3 saturated heterocycles. The van der Waals surface area contributed by atoms with E-state index in [2.05, 4.69) is 39.4 Å². The highest BCUT2D eigenvalue weighted by Crippen LogP contribution is 2.43. The Morgan fingerprint density at radius 1 is 1.07 bits per heavy atom. The molecule has 242 valence electrons. The van der Waals surface area contributed by atoms with Crippen molar-refractivity contribution in [3.63, 3.8) is 0 Å². The Bertz CT molecular complexity index is 1420. The largest absolute Gasteiger partial charge is 0.444 e. The number of likely N-dealkylation sites (tertiary alicyclic amines) is 2. The predicted octanol–water partition coefficient (Wildman–Crippen LogP) is 3.88. The Morgan fingerprint density at radius 3 is 2.53 bits per heavy atom. The highest BCUT2D eigenvalue weighted by atomic mass is 19.1. The molecule has 1 saturated carbocycles. The maximum absolute atomic E-state index is 15.7. The van der Waals surface area contributed by atoms with Crippen molar-refractivity contribution in [3.05, 3.63) is 65.5 Å². The van der Waals surface area contributed by atoms with Crippen LogP contribution in [0, 0.1) is 17.7 Å². The van der Waals surface area contributed by atoms with Gasteiger partial charge in [-0.25, -0.2) is 9.18 Å². The standard InChI is InChI=1S/C35H46FN5O4/c1-34(2,3)45-33(44)41-28-12-9-24(15-28)31(41)32(43)38-35(21-37,22-42)17-25-10-11-27(16-29(25)36)40-14-13-26-19-39(20-30(26)40)18-23-7-5-4-6-8-23/h4-8,10-11,16,22,24,26,28,30-31H,9,12-15,17-21,37H2,1-3H3,(H,38,43)/t24-,26?,28+,30?,31-,35+/m0/s1. The van der Waals surface area contributed by atoms with Crippen LogP contribution in [-0.2, 0) is 27.3 Å². The third-order valence-electron chi connectivity index (χ3n) is 10.2. The summed E-state index contributed by atoms with van der Waals surface area (Å²) < 4.78 is 21.3. The Morgan fingerprint density at radius 2 is 1.84 bits per heavy atom. The average molecular weight is 620 g/mol. The lowest BCUT2D eigenvalue weighted by molar-refractivity contribution is -0.132. The van der Waals surface area contributed by atoms with Gasteiger partial charge < -0.3 is 25.5 Å². The van der Waals surface area contributed by atoms with Crippen LogP contribution in [0.25, 0.3) is 0 Å². The first-order valence-electron chi connectivity index (χ1n) is 16.3. The fourth-order valence-corrected chi connectivity index (χ4v) is 8.05. The monoisotopic (exact) mass is 619 g/mol. The van der Waals surface area contributed by atoms with E-state index >= 15 is 4.39 Å². The highest BCUT2D eigenvalue weighted by molar-refractivity contribution is 5.90. The maximum Gasteiger partial charge on any atom is 0.411 e. The van der Waals surface area contributed by atoms with Crippen molar-refractivity contribution < 1.29 is 23.5 Å². The van der Waals surface area contributed by atoms with Gasteiger partial charge in [-0.3, -0.25) is 14.6 Å². The van der Waals surface area contributed by atoms with Gasteiger partial charge >= 0.3 is 6.09 Å². The number of hydrogen-bond acceptors (Lipinski definition) is 7. The van der Waals surface area contributed by atoms with E-state index in [1.807, 2.05) is 12.1 Å². The SMILES string of the molecule is CC(C)(C)OC(=O)N1[C@@H]2CC[C@@H](C2)[C@H]1C(=O)N[C@@](C=O)(CN)Cc1ccc(N2CCC3CN(Cc4ccccc4)CC32)cc1F. The quantitative estimate of drug-likeness (QED) is 0.411. The van der Waals surface area contributed by atoms with Crippen molar-refractivity contribution in [3.8, 4) is 0 Å². The fourth-order valence-electron chi connectivity index (χ4n) is 8.05. The number of amides is 2. The number of hydrogen-bond donors (Lipinski definition) is 2. The number of nitrogens with one attached hydrogen (secondary N) is 1. The minimum Gasteiger partial charge on any atom is -0.444 e. The number of halogens is 1. The van der Waals surface area contributed by atoms with Gasteiger partial charge in [-0.15, -0.1) is 0 Å². The first-order valence-corrected chi connectivity index (χ1v) is 16.3. The van der Waals surface area contributed by atoms with Crippen LogP contribution in [0.15, 0.2) is 48.5 Å². The summed E-state index contributed by atoms with van der Waals surface area (Å²) in [6, 6.07) is 15.1. The fraction of sp³-hybridized carbons (Fsp3) is 0.571. The molecule has 0 spiro atoms. The van der Waals surface area contributed by atoms with Crippen LogP contribution in [0.4, 0.5) is 14.9 Å². The van der Waals surface area contributed by atoms with Gasteiger partial charge in [-0.2, -0.15) is 0 Å². The zero-order valence-electron chi connectivity index (χ0n) is 26.6. The van der Waals surface area contributed by atoms with Crippen LogP contribution in [0.1, 0.15) is 57.6 Å². The number of carbonyl (C=O) groups excluding carboxylic acids is 3. The van der Waals surface area contributed by atoms with Crippen molar-refractivity contribution in [2.24, 2.45) is 17.6 Å². The number of aldehydes is 1. The first-order chi connectivity index (χ1) is 21.5. The molecule has 3 aliphatic heterocycles. The zero-order chi connectivity index (χ0) is 31.9. The summed E-state index contributed by atoms with van der Waals surface area (Å²) in [5, 5.41) is 2.84. The molecule has 4 aliphatic rings. The molecule has 10 heteroatoms. The second kappa shape index (κ2) is 12.4.